The van der Waals surface area contributed by atoms with Crippen molar-refractivity contribution >= 4 is 5.97 Å². The van der Waals surface area contributed by atoms with Gasteiger partial charge < -0.3 is 10.5 Å². The molecular weight excluding hydrogens is 226 g/mol. The molecule has 1 aliphatic rings. The van der Waals surface area contributed by atoms with E-state index in [0.717, 1.165) is 12.8 Å². The van der Waals surface area contributed by atoms with Crippen molar-refractivity contribution in [2.75, 3.05) is 7.11 Å². The smallest absolute Gasteiger partial charge is 0.306 e. The number of methoxy groups -OCH3 is 1. The molecule has 0 radical (unpaired) electrons. The van der Waals surface area contributed by atoms with Crippen molar-refractivity contribution in [3.8, 4) is 0 Å². The average molecular weight is 255 g/mol. The number of hydrogen-bond acceptors (Lipinski definition) is 3. The lowest BCUT2D eigenvalue weighted by Crippen LogP contribution is -2.51. The van der Waals surface area contributed by atoms with E-state index in [0.29, 0.717) is 6.42 Å². The second kappa shape index (κ2) is 4.84. The molecule has 18 heavy (non-hydrogen) atoms. The van der Waals surface area contributed by atoms with E-state index >= 15 is 0 Å². The summed E-state index contributed by atoms with van der Waals surface area (Å²) in [5.74, 6) is -0.138. The Kier molecular flexibility index (Phi) is 4.16. The summed E-state index contributed by atoms with van der Waals surface area (Å²) in [7, 11) is 1.45. The summed E-state index contributed by atoms with van der Waals surface area (Å²) in [4.78, 5) is 11.7. The minimum absolute atomic E-state index is 0.00968. The summed E-state index contributed by atoms with van der Waals surface area (Å²) >= 11 is 0. The van der Waals surface area contributed by atoms with Gasteiger partial charge in [-0.2, -0.15) is 0 Å². The molecule has 1 unspecified atom stereocenters. The Morgan fingerprint density at radius 3 is 1.94 bits per heavy atom. The van der Waals surface area contributed by atoms with Crippen LogP contribution in [0.25, 0.3) is 0 Å². The minimum Gasteiger partial charge on any atom is -0.469 e. The fourth-order valence-corrected chi connectivity index (χ4v) is 4.36. The van der Waals surface area contributed by atoms with Gasteiger partial charge in [0.15, 0.2) is 0 Å². The van der Waals surface area contributed by atoms with Crippen molar-refractivity contribution in [3.05, 3.63) is 0 Å². The molecule has 106 valence electrons. The summed E-state index contributed by atoms with van der Waals surface area (Å²) in [6.45, 7) is 11.1. The summed E-state index contributed by atoms with van der Waals surface area (Å²) in [6.07, 6.45) is 3.61. The van der Waals surface area contributed by atoms with Crippen LogP contribution in [0.4, 0.5) is 0 Å². The first kappa shape index (κ1) is 15.5. The first-order chi connectivity index (χ1) is 8.02. The van der Waals surface area contributed by atoms with Crippen molar-refractivity contribution < 1.29 is 9.53 Å². The third-order valence-electron chi connectivity index (χ3n) is 4.31. The minimum atomic E-state index is -0.138. The Morgan fingerprint density at radius 2 is 1.61 bits per heavy atom. The molecule has 0 bridgehead atoms. The van der Waals surface area contributed by atoms with E-state index < -0.39 is 0 Å². The number of carbonyl (C=O) groups is 1. The lowest BCUT2D eigenvalue weighted by atomic mass is 9.52. The lowest BCUT2D eigenvalue weighted by molar-refractivity contribution is -0.147. The normalized spacial score (nSPS) is 26.4. The molecule has 1 fully saturated rings. The highest BCUT2D eigenvalue weighted by molar-refractivity contribution is 5.70. The molecule has 1 aliphatic carbocycles. The maximum absolute atomic E-state index is 11.7. The zero-order valence-corrected chi connectivity index (χ0v) is 12.8. The van der Waals surface area contributed by atoms with E-state index in [4.69, 9.17) is 10.5 Å². The Morgan fingerprint density at radius 1 is 1.17 bits per heavy atom. The molecule has 3 heteroatoms. The van der Waals surface area contributed by atoms with Gasteiger partial charge in [0.1, 0.15) is 0 Å². The van der Waals surface area contributed by atoms with Crippen LogP contribution < -0.4 is 5.73 Å². The van der Waals surface area contributed by atoms with Gasteiger partial charge in [0.2, 0.25) is 0 Å². The zero-order valence-electron chi connectivity index (χ0n) is 12.8. The SMILES string of the molecule is COC(=O)CC1(C(C)N)CC(C)(C)CC(C)(C)C1. The number of ether oxygens (including phenoxy) is 1. The van der Waals surface area contributed by atoms with Crippen LogP contribution in [0.15, 0.2) is 0 Å². The molecule has 1 saturated carbocycles. The van der Waals surface area contributed by atoms with Crippen LogP contribution in [0.5, 0.6) is 0 Å². The molecule has 3 nitrogen and oxygen atoms in total. The summed E-state index contributed by atoms with van der Waals surface area (Å²) < 4.78 is 4.87. The molecule has 0 saturated heterocycles. The van der Waals surface area contributed by atoms with Gasteiger partial charge in [-0.1, -0.05) is 27.7 Å². The first-order valence-corrected chi connectivity index (χ1v) is 6.84. The second-order valence-corrected chi connectivity index (χ2v) is 7.76. The molecule has 0 heterocycles. The molecule has 0 aliphatic heterocycles. The van der Waals surface area contributed by atoms with Crippen molar-refractivity contribution in [3.63, 3.8) is 0 Å². The number of esters is 1. The van der Waals surface area contributed by atoms with Gasteiger partial charge in [-0.15, -0.1) is 0 Å². The van der Waals surface area contributed by atoms with Gasteiger partial charge in [0, 0.05) is 6.04 Å². The molecular formula is C15H29NO2. The fourth-order valence-electron chi connectivity index (χ4n) is 4.36. The molecule has 1 rings (SSSR count). The van der Waals surface area contributed by atoms with Crippen LogP contribution in [-0.2, 0) is 9.53 Å². The predicted octanol–water partition coefficient (Wildman–Crippen LogP) is 3.12. The topological polar surface area (TPSA) is 52.3 Å². The predicted molar refractivity (Wildman–Crippen MR) is 74.1 cm³/mol. The monoisotopic (exact) mass is 255 g/mol. The third kappa shape index (κ3) is 3.47. The number of nitrogens with two attached hydrogens (primary N) is 1. The van der Waals surface area contributed by atoms with E-state index in [-0.39, 0.29) is 28.3 Å². The lowest BCUT2D eigenvalue weighted by Gasteiger charge is -2.53. The van der Waals surface area contributed by atoms with Crippen molar-refractivity contribution in [1.82, 2.24) is 0 Å². The van der Waals surface area contributed by atoms with Gasteiger partial charge >= 0.3 is 5.97 Å². The number of carbonyl (C=O) groups excluding carboxylic acids is 1. The number of rotatable bonds is 3. The van der Waals surface area contributed by atoms with Gasteiger partial charge in [-0.25, -0.2) is 0 Å². The molecule has 0 amide bonds. The summed E-state index contributed by atoms with van der Waals surface area (Å²) in [6, 6.07) is 0.00968. The average Bonchev–Trinajstić information content (AvgIpc) is 2.11. The highest BCUT2D eigenvalue weighted by Gasteiger charge is 2.50. The molecule has 0 spiro atoms. The van der Waals surface area contributed by atoms with E-state index in [1.165, 1.54) is 13.5 Å². The Balaban J connectivity index is 3.06. The van der Waals surface area contributed by atoms with Crippen LogP contribution >= 0.6 is 0 Å². The first-order valence-electron chi connectivity index (χ1n) is 6.84. The van der Waals surface area contributed by atoms with E-state index in [1.54, 1.807) is 0 Å². The van der Waals surface area contributed by atoms with Crippen LogP contribution in [0.1, 0.15) is 60.3 Å². The second-order valence-electron chi connectivity index (χ2n) is 7.76. The van der Waals surface area contributed by atoms with E-state index in [1.807, 2.05) is 6.92 Å². The van der Waals surface area contributed by atoms with Crippen molar-refractivity contribution in [2.24, 2.45) is 22.0 Å². The summed E-state index contributed by atoms with van der Waals surface area (Å²) in [5.41, 5.74) is 6.56. The summed E-state index contributed by atoms with van der Waals surface area (Å²) in [5, 5.41) is 0. The van der Waals surface area contributed by atoms with Crippen molar-refractivity contribution in [1.29, 1.82) is 0 Å². The van der Waals surface area contributed by atoms with Crippen LogP contribution in [-0.4, -0.2) is 19.1 Å². The molecule has 1 atom stereocenters. The number of hydrogen-bond donors (Lipinski definition) is 1. The largest absolute Gasteiger partial charge is 0.469 e. The van der Waals surface area contributed by atoms with Crippen LogP contribution in [0, 0.1) is 16.2 Å². The standard InChI is InChI=1S/C15H29NO2/c1-11(16)15(7-12(17)18-6)9-13(2,3)8-14(4,5)10-15/h11H,7-10,16H2,1-6H3. The van der Waals surface area contributed by atoms with Gasteiger partial charge in [-0.3, -0.25) is 4.79 Å². The van der Waals surface area contributed by atoms with Gasteiger partial charge in [0.25, 0.3) is 0 Å². The molecule has 0 aromatic carbocycles. The van der Waals surface area contributed by atoms with Gasteiger partial charge in [0.05, 0.1) is 13.5 Å². The molecule has 2 N–H and O–H groups in total. The highest BCUT2D eigenvalue weighted by Crippen LogP contribution is 2.56. The zero-order chi connectivity index (χ0) is 14.2. The maximum Gasteiger partial charge on any atom is 0.306 e. The van der Waals surface area contributed by atoms with Crippen molar-refractivity contribution in [2.45, 2.75) is 66.3 Å². The Labute approximate surface area is 111 Å². The quantitative estimate of drug-likeness (QED) is 0.788. The van der Waals surface area contributed by atoms with Crippen LogP contribution in [0.3, 0.4) is 0 Å². The maximum atomic E-state index is 11.7. The molecule has 0 aromatic rings. The highest BCUT2D eigenvalue weighted by atomic mass is 16.5. The molecule has 0 aromatic heterocycles. The third-order valence-corrected chi connectivity index (χ3v) is 4.31. The Hall–Kier alpha value is -0.570. The van der Waals surface area contributed by atoms with E-state index in [2.05, 4.69) is 27.7 Å². The fraction of sp³-hybridized carbons (Fsp3) is 0.933. The van der Waals surface area contributed by atoms with Gasteiger partial charge in [-0.05, 0) is 42.4 Å². The van der Waals surface area contributed by atoms with E-state index in [9.17, 15) is 4.79 Å². The Bertz CT molecular complexity index is 302. The van der Waals surface area contributed by atoms with Crippen LogP contribution in [0.2, 0.25) is 0 Å².